The molecule has 10 heteroatoms. The van der Waals surface area contributed by atoms with Crippen molar-refractivity contribution in [2.24, 2.45) is 5.92 Å². The van der Waals surface area contributed by atoms with Gasteiger partial charge in [-0.1, -0.05) is 12.1 Å². The number of fused-ring (bicyclic) bond motifs is 1. The Morgan fingerprint density at radius 1 is 1.06 bits per heavy atom. The molecule has 1 aliphatic carbocycles. The molecule has 0 radical (unpaired) electrons. The fraction of sp³-hybridized carbons (Fsp3) is 0.500. The number of aryl methyl sites for hydroxylation is 1. The molecule has 0 bridgehead atoms. The highest BCUT2D eigenvalue weighted by atomic mass is 19.4. The van der Waals surface area contributed by atoms with E-state index in [9.17, 15) is 18.3 Å². The molecule has 3 aromatic rings. The third-order valence-corrected chi connectivity index (χ3v) is 6.14. The van der Waals surface area contributed by atoms with E-state index in [0.29, 0.717) is 18.0 Å². The first kappa shape index (κ1) is 21.0. The fourth-order valence-corrected chi connectivity index (χ4v) is 4.24. The van der Waals surface area contributed by atoms with Crippen LogP contribution >= 0.6 is 0 Å². The molecule has 170 valence electrons. The van der Waals surface area contributed by atoms with Crippen molar-refractivity contribution in [1.82, 2.24) is 24.8 Å². The normalized spacial score (nSPS) is 17.7. The number of piperidine rings is 1. The summed E-state index contributed by atoms with van der Waals surface area (Å²) in [6.45, 7) is 2.34. The molecule has 0 spiro atoms. The lowest BCUT2D eigenvalue weighted by atomic mass is 9.95. The van der Waals surface area contributed by atoms with Crippen LogP contribution in [-0.4, -0.2) is 43.8 Å². The summed E-state index contributed by atoms with van der Waals surface area (Å²) >= 11 is 0. The summed E-state index contributed by atoms with van der Waals surface area (Å²) in [5.41, 5.74) is -0.825. The zero-order valence-corrected chi connectivity index (χ0v) is 17.5. The third kappa shape index (κ3) is 4.23. The molecule has 1 aliphatic heterocycles. The number of aromatic hydroxyl groups is 1. The van der Waals surface area contributed by atoms with Crippen molar-refractivity contribution in [3.8, 4) is 17.1 Å². The van der Waals surface area contributed by atoms with Crippen LogP contribution < -0.4 is 10.6 Å². The molecule has 5 rings (SSSR count). The molecular formula is C22H25F3N6O. The Morgan fingerprint density at radius 2 is 1.81 bits per heavy atom. The lowest BCUT2D eigenvalue weighted by Gasteiger charge is -2.23. The minimum absolute atomic E-state index is 0.0285. The molecule has 7 nitrogen and oxygen atoms in total. The van der Waals surface area contributed by atoms with Crippen LogP contribution in [0, 0.1) is 5.92 Å². The molecule has 1 aromatic carbocycles. The van der Waals surface area contributed by atoms with E-state index in [-0.39, 0.29) is 34.7 Å². The summed E-state index contributed by atoms with van der Waals surface area (Å²) in [5, 5.41) is 16.7. The number of nitrogens with one attached hydrogen (secondary N) is 2. The second kappa shape index (κ2) is 8.23. The Hall–Kier alpha value is -2.88. The van der Waals surface area contributed by atoms with Crippen LogP contribution in [0.3, 0.4) is 0 Å². The van der Waals surface area contributed by atoms with Crippen LogP contribution in [0.15, 0.2) is 24.3 Å². The minimum Gasteiger partial charge on any atom is -0.507 e. The Kier molecular flexibility index (Phi) is 5.40. The Labute approximate surface area is 183 Å². The van der Waals surface area contributed by atoms with Gasteiger partial charge < -0.3 is 20.3 Å². The van der Waals surface area contributed by atoms with E-state index in [1.165, 1.54) is 6.07 Å². The smallest absolute Gasteiger partial charge is 0.435 e. The van der Waals surface area contributed by atoms with Crippen molar-refractivity contribution in [2.45, 2.75) is 50.9 Å². The maximum atomic E-state index is 13.9. The number of aromatic nitrogens is 4. The van der Waals surface area contributed by atoms with E-state index >= 15 is 0 Å². The van der Waals surface area contributed by atoms with Gasteiger partial charge in [0.15, 0.2) is 11.3 Å². The van der Waals surface area contributed by atoms with Crippen molar-refractivity contribution in [3.63, 3.8) is 0 Å². The van der Waals surface area contributed by atoms with E-state index in [1.807, 2.05) is 0 Å². The Morgan fingerprint density at radius 3 is 2.50 bits per heavy atom. The van der Waals surface area contributed by atoms with Gasteiger partial charge in [-0.2, -0.15) is 18.2 Å². The van der Waals surface area contributed by atoms with Gasteiger partial charge in [0.2, 0.25) is 5.95 Å². The van der Waals surface area contributed by atoms with Crippen LogP contribution in [-0.2, 0) is 12.7 Å². The number of imidazole rings is 1. The lowest BCUT2D eigenvalue weighted by molar-refractivity contribution is -0.139. The Bertz CT molecular complexity index is 1120. The number of alkyl halides is 3. The number of phenolic OH excluding ortho intramolecular Hbond substituents is 1. The van der Waals surface area contributed by atoms with Gasteiger partial charge in [-0.3, -0.25) is 0 Å². The molecular weight excluding hydrogens is 421 g/mol. The van der Waals surface area contributed by atoms with E-state index in [2.05, 4.69) is 25.6 Å². The molecule has 2 fully saturated rings. The van der Waals surface area contributed by atoms with Gasteiger partial charge in [0.05, 0.1) is 5.56 Å². The van der Waals surface area contributed by atoms with Crippen molar-refractivity contribution in [2.75, 3.05) is 18.4 Å². The van der Waals surface area contributed by atoms with Gasteiger partial charge in [-0.15, -0.1) is 0 Å². The largest absolute Gasteiger partial charge is 0.507 e. The van der Waals surface area contributed by atoms with Gasteiger partial charge in [0.25, 0.3) is 0 Å². The number of hydrogen-bond acceptors (Lipinski definition) is 6. The first-order valence-corrected chi connectivity index (χ1v) is 11.0. The number of para-hydroxylation sites is 1. The van der Waals surface area contributed by atoms with E-state index in [0.717, 1.165) is 45.2 Å². The number of benzene rings is 1. The Balaban J connectivity index is 1.65. The van der Waals surface area contributed by atoms with Crippen LogP contribution in [0.2, 0.25) is 0 Å². The van der Waals surface area contributed by atoms with Gasteiger partial charge in [-0.05, 0) is 63.2 Å². The summed E-state index contributed by atoms with van der Waals surface area (Å²) < 4.78 is 43.5. The highest BCUT2D eigenvalue weighted by molar-refractivity contribution is 5.82. The topological polar surface area (TPSA) is 87.9 Å². The average molecular weight is 446 g/mol. The molecule has 32 heavy (non-hydrogen) atoms. The number of halogens is 3. The van der Waals surface area contributed by atoms with Crippen molar-refractivity contribution in [1.29, 1.82) is 0 Å². The molecule has 3 heterocycles. The monoisotopic (exact) mass is 446 g/mol. The summed E-state index contributed by atoms with van der Waals surface area (Å²) in [6.07, 6.45) is -0.0523. The quantitative estimate of drug-likeness (QED) is 0.527. The minimum atomic E-state index is -4.68. The summed E-state index contributed by atoms with van der Waals surface area (Å²) in [5.74, 6) is 0.678. The van der Waals surface area contributed by atoms with E-state index < -0.39 is 11.9 Å². The predicted molar refractivity (Wildman–Crippen MR) is 114 cm³/mol. The number of nitrogens with zero attached hydrogens (tertiary/aromatic N) is 4. The van der Waals surface area contributed by atoms with Crippen LogP contribution in [0.5, 0.6) is 5.75 Å². The SMILES string of the molecule is Oc1ccccc1-c1nc2c(C(F)(F)F)nc(NC3CC3)nc2n1CCC1CCNCC1. The van der Waals surface area contributed by atoms with Gasteiger partial charge in [0.1, 0.15) is 17.1 Å². The first-order valence-electron chi connectivity index (χ1n) is 11.0. The molecule has 2 aliphatic rings. The summed E-state index contributed by atoms with van der Waals surface area (Å²) in [4.78, 5) is 12.6. The van der Waals surface area contributed by atoms with Crippen molar-refractivity contribution >= 4 is 17.1 Å². The average Bonchev–Trinajstić information content (AvgIpc) is 3.51. The predicted octanol–water partition coefficient (Wildman–Crippen LogP) is 4.18. The van der Waals surface area contributed by atoms with Crippen LogP contribution in [0.25, 0.3) is 22.6 Å². The standard InChI is InChI=1S/C22H25F3N6O/c23-22(24,25)18-17-20(30-21(29-18)27-14-5-6-14)31(12-9-13-7-10-26-11-8-13)19(28-17)15-3-1-2-4-16(15)32/h1-4,13-14,26,32H,5-12H2,(H,27,29,30). The number of hydrogen-bond donors (Lipinski definition) is 3. The molecule has 2 aromatic heterocycles. The molecule has 0 atom stereocenters. The third-order valence-electron chi connectivity index (χ3n) is 6.14. The highest BCUT2D eigenvalue weighted by Crippen LogP contribution is 2.38. The fourth-order valence-electron chi connectivity index (χ4n) is 4.24. The van der Waals surface area contributed by atoms with Gasteiger partial charge in [0, 0.05) is 12.6 Å². The second-order valence-corrected chi connectivity index (χ2v) is 8.57. The van der Waals surface area contributed by atoms with Crippen LogP contribution in [0.4, 0.5) is 19.1 Å². The second-order valence-electron chi connectivity index (χ2n) is 8.57. The van der Waals surface area contributed by atoms with Gasteiger partial charge >= 0.3 is 6.18 Å². The number of phenols is 1. The molecule has 1 saturated carbocycles. The van der Waals surface area contributed by atoms with E-state index in [1.54, 1.807) is 22.8 Å². The summed E-state index contributed by atoms with van der Waals surface area (Å²) in [7, 11) is 0. The van der Waals surface area contributed by atoms with Gasteiger partial charge in [-0.25, -0.2) is 9.97 Å². The first-order chi connectivity index (χ1) is 15.4. The lowest BCUT2D eigenvalue weighted by Crippen LogP contribution is -2.28. The van der Waals surface area contributed by atoms with Crippen molar-refractivity contribution < 1.29 is 18.3 Å². The maximum Gasteiger partial charge on any atom is 0.435 e. The molecule has 3 N–H and O–H groups in total. The highest BCUT2D eigenvalue weighted by Gasteiger charge is 2.38. The summed E-state index contributed by atoms with van der Waals surface area (Å²) in [6, 6.07) is 6.66. The zero-order chi connectivity index (χ0) is 22.3. The maximum absolute atomic E-state index is 13.9. The molecule has 1 saturated heterocycles. The zero-order valence-electron chi connectivity index (χ0n) is 17.5. The van der Waals surface area contributed by atoms with Crippen molar-refractivity contribution in [3.05, 3.63) is 30.0 Å². The van der Waals surface area contributed by atoms with Crippen LogP contribution in [0.1, 0.15) is 37.8 Å². The molecule has 0 amide bonds. The van der Waals surface area contributed by atoms with E-state index in [4.69, 9.17) is 0 Å². The molecule has 0 unspecified atom stereocenters. The number of rotatable bonds is 6. The number of anilines is 1.